The maximum atomic E-state index is 13.0. The molecule has 2 aliphatic rings. The average Bonchev–Trinajstić information content (AvgIpc) is 3.15. The molecule has 0 fully saturated rings. The van der Waals surface area contributed by atoms with Gasteiger partial charge >= 0.3 is 5.97 Å². The topological polar surface area (TPSA) is 77.5 Å². The van der Waals surface area contributed by atoms with Crippen molar-refractivity contribution < 1.29 is 22.7 Å². The number of hydrogen-bond acceptors (Lipinski definition) is 6. The van der Waals surface area contributed by atoms with Crippen molar-refractivity contribution in [3.8, 4) is 0 Å². The van der Waals surface area contributed by atoms with Crippen molar-refractivity contribution >= 4 is 32.9 Å². The third-order valence-corrected chi connectivity index (χ3v) is 8.44. The van der Waals surface area contributed by atoms with E-state index < -0.39 is 15.8 Å². The Morgan fingerprint density at radius 3 is 2.64 bits per heavy atom. The summed E-state index contributed by atoms with van der Waals surface area (Å²) in [6.07, 6.45) is 3.04. The average molecular weight is 419 g/mol. The van der Waals surface area contributed by atoms with Crippen LogP contribution in [0.5, 0.6) is 0 Å². The molecule has 1 aromatic carbocycles. The molecule has 1 atom stereocenters. The van der Waals surface area contributed by atoms with Crippen molar-refractivity contribution in [2.75, 3.05) is 6.26 Å². The van der Waals surface area contributed by atoms with E-state index >= 15 is 0 Å². The smallest absolute Gasteiger partial charge is 0.349 e. The second-order valence-corrected chi connectivity index (χ2v) is 11.6. The first-order chi connectivity index (χ1) is 13.1. The van der Waals surface area contributed by atoms with Crippen LogP contribution in [0.25, 0.3) is 0 Å². The predicted molar refractivity (Wildman–Crippen MR) is 107 cm³/mol. The fourth-order valence-electron chi connectivity index (χ4n) is 4.21. The van der Waals surface area contributed by atoms with Gasteiger partial charge in [-0.15, -0.1) is 11.3 Å². The summed E-state index contributed by atoms with van der Waals surface area (Å²) in [5, 5.41) is 0. The molecular formula is C21H22O5S2. The molecule has 0 spiro atoms. The van der Waals surface area contributed by atoms with Crippen LogP contribution in [0.2, 0.25) is 0 Å². The quantitative estimate of drug-likeness (QED) is 0.700. The number of hydrogen-bond donors (Lipinski definition) is 0. The second kappa shape index (κ2) is 6.52. The van der Waals surface area contributed by atoms with Gasteiger partial charge in [0.05, 0.1) is 5.56 Å². The van der Waals surface area contributed by atoms with Crippen LogP contribution in [0.4, 0.5) is 0 Å². The molecule has 0 radical (unpaired) electrons. The molecule has 0 saturated heterocycles. The van der Waals surface area contributed by atoms with Crippen LogP contribution in [0.1, 0.15) is 69.5 Å². The number of ether oxygens (including phenoxy) is 1. The van der Waals surface area contributed by atoms with E-state index in [1.165, 1.54) is 5.56 Å². The highest BCUT2D eigenvalue weighted by Gasteiger charge is 2.40. The molecule has 0 bridgehead atoms. The molecule has 0 aliphatic heterocycles. The van der Waals surface area contributed by atoms with Crippen LogP contribution in [0.3, 0.4) is 0 Å². The maximum absolute atomic E-state index is 13.0. The first-order valence-corrected chi connectivity index (χ1v) is 12.0. The minimum absolute atomic E-state index is 0.0122. The third-order valence-electron chi connectivity index (χ3n) is 5.40. The minimum atomic E-state index is -3.61. The van der Waals surface area contributed by atoms with Crippen LogP contribution in [-0.4, -0.2) is 26.4 Å². The van der Waals surface area contributed by atoms with Crippen molar-refractivity contribution in [2.24, 2.45) is 5.41 Å². The van der Waals surface area contributed by atoms with Crippen LogP contribution in [0.15, 0.2) is 28.5 Å². The van der Waals surface area contributed by atoms with Crippen LogP contribution >= 0.6 is 11.3 Å². The molecule has 1 heterocycles. The summed E-state index contributed by atoms with van der Waals surface area (Å²) in [5.74, 6) is -0.753. The summed E-state index contributed by atoms with van der Waals surface area (Å²) in [5.41, 5.74) is 2.57. The second-order valence-electron chi connectivity index (χ2n) is 8.42. The number of Topliss-reactive ketones (excluding diaryl/α,β-unsaturated/α-hetero) is 1. The molecule has 1 unspecified atom stereocenters. The van der Waals surface area contributed by atoms with Gasteiger partial charge in [0.25, 0.3) is 0 Å². The first-order valence-electron chi connectivity index (χ1n) is 9.24. The van der Waals surface area contributed by atoms with Gasteiger partial charge in [-0.05, 0) is 41.4 Å². The Morgan fingerprint density at radius 1 is 1.21 bits per heavy atom. The number of ketones is 1. The molecule has 2 aromatic rings. The lowest BCUT2D eigenvalue weighted by Gasteiger charge is -2.29. The van der Waals surface area contributed by atoms with Crippen molar-refractivity contribution in [3.63, 3.8) is 0 Å². The fourth-order valence-corrected chi connectivity index (χ4v) is 6.62. The van der Waals surface area contributed by atoms with Crippen molar-refractivity contribution in [3.05, 3.63) is 51.4 Å². The lowest BCUT2D eigenvalue weighted by Crippen LogP contribution is -2.28. The van der Waals surface area contributed by atoms with E-state index in [2.05, 4.69) is 0 Å². The lowest BCUT2D eigenvalue weighted by molar-refractivity contribution is 0.0305. The van der Waals surface area contributed by atoms with E-state index in [0.717, 1.165) is 29.6 Å². The molecule has 0 saturated carbocycles. The standard InChI is InChI=1S/C21H22O5S2/c1-21(2)10-14-17(15(22)11-21)20(28(3,24)25)27-18(14)19(23)26-16-9-8-12-6-4-5-7-13(12)16/h4-7,16H,8-11H2,1-3H3. The summed E-state index contributed by atoms with van der Waals surface area (Å²) in [7, 11) is -3.61. The number of thiophene rings is 1. The minimum Gasteiger partial charge on any atom is -0.453 e. The molecule has 0 amide bonds. The fraction of sp³-hybridized carbons (Fsp3) is 0.429. The van der Waals surface area contributed by atoms with Gasteiger partial charge in [0, 0.05) is 12.7 Å². The van der Waals surface area contributed by atoms with E-state index in [4.69, 9.17) is 4.74 Å². The van der Waals surface area contributed by atoms with E-state index in [9.17, 15) is 18.0 Å². The highest BCUT2D eigenvalue weighted by Crippen LogP contribution is 2.44. The number of benzene rings is 1. The number of esters is 1. The molecule has 1 aromatic heterocycles. The van der Waals surface area contributed by atoms with Gasteiger partial charge in [-0.25, -0.2) is 13.2 Å². The molecule has 4 rings (SSSR count). The van der Waals surface area contributed by atoms with Crippen LogP contribution in [0, 0.1) is 5.41 Å². The Bertz CT molecular complexity index is 1090. The molecular weight excluding hydrogens is 396 g/mol. The third kappa shape index (κ3) is 3.31. The number of aryl methyl sites for hydroxylation is 1. The highest BCUT2D eigenvalue weighted by atomic mass is 32.2. The van der Waals surface area contributed by atoms with E-state index in [-0.39, 0.29) is 38.4 Å². The predicted octanol–water partition coefficient (Wildman–Crippen LogP) is 4.15. The Balaban J connectivity index is 1.74. The van der Waals surface area contributed by atoms with Crippen LogP contribution < -0.4 is 0 Å². The van der Waals surface area contributed by atoms with Crippen molar-refractivity contribution in [1.82, 2.24) is 0 Å². The Kier molecular flexibility index (Phi) is 4.50. The molecule has 0 N–H and O–H groups in total. The number of fused-ring (bicyclic) bond motifs is 2. The van der Waals surface area contributed by atoms with Gasteiger partial charge < -0.3 is 4.74 Å². The molecule has 148 valence electrons. The van der Waals surface area contributed by atoms with E-state index in [1.807, 2.05) is 38.1 Å². The number of carbonyl (C=O) groups is 2. The SMILES string of the molecule is CC1(C)CC(=O)c2c(S(C)(=O)=O)sc(C(=O)OC3CCc4ccccc43)c2C1. The van der Waals surface area contributed by atoms with Crippen LogP contribution in [-0.2, 0) is 27.4 Å². The summed E-state index contributed by atoms with van der Waals surface area (Å²) in [6, 6.07) is 7.86. The van der Waals surface area contributed by atoms with Crippen molar-refractivity contribution in [2.45, 2.75) is 49.8 Å². The monoisotopic (exact) mass is 418 g/mol. The van der Waals surface area contributed by atoms with Gasteiger partial charge in [0.15, 0.2) is 15.6 Å². The number of rotatable bonds is 3. The maximum Gasteiger partial charge on any atom is 0.349 e. The molecule has 28 heavy (non-hydrogen) atoms. The summed E-state index contributed by atoms with van der Waals surface area (Å²) >= 11 is 0.876. The molecule has 2 aliphatic carbocycles. The van der Waals surface area contributed by atoms with Gasteiger partial charge in [-0.2, -0.15) is 0 Å². The lowest BCUT2D eigenvalue weighted by atomic mass is 9.74. The van der Waals surface area contributed by atoms with Gasteiger partial charge in [-0.1, -0.05) is 38.1 Å². The van der Waals surface area contributed by atoms with Gasteiger partial charge in [-0.3, -0.25) is 4.79 Å². The Morgan fingerprint density at radius 2 is 1.93 bits per heavy atom. The number of carbonyl (C=O) groups excluding carboxylic acids is 2. The Hall–Kier alpha value is -1.99. The zero-order valence-corrected chi connectivity index (χ0v) is 17.7. The number of sulfone groups is 1. The summed E-state index contributed by atoms with van der Waals surface area (Å²) in [4.78, 5) is 26.0. The van der Waals surface area contributed by atoms with E-state index in [1.54, 1.807) is 0 Å². The zero-order chi connectivity index (χ0) is 20.3. The van der Waals surface area contributed by atoms with Crippen molar-refractivity contribution in [1.29, 1.82) is 0 Å². The molecule has 5 nitrogen and oxygen atoms in total. The normalized spacial score (nSPS) is 20.5. The highest BCUT2D eigenvalue weighted by molar-refractivity contribution is 7.92. The first kappa shape index (κ1) is 19.3. The molecule has 7 heteroatoms. The van der Waals surface area contributed by atoms with Gasteiger partial charge in [0.1, 0.15) is 15.2 Å². The zero-order valence-electron chi connectivity index (χ0n) is 16.1. The van der Waals surface area contributed by atoms with Gasteiger partial charge in [0.2, 0.25) is 0 Å². The Labute approximate surface area is 168 Å². The largest absolute Gasteiger partial charge is 0.453 e. The summed E-state index contributed by atoms with van der Waals surface area (Å²) < 4.78 is 30.3. The van der Waals surface area contributed by atoms with E-state index in [0.29, 0.717) is 18.4 Å². The summed E-state index contributed by atoms with van der Waals surface area (Å²) in [6.45, 7) is 3.90.